The number of halogens is 3. The molecule has 0 radical (unpaired) electrons. The van der Waals surface area contributed by atoms with Crippen LogP contribution in [0.2, 0.25) is 0 Å². The predicted octanol–water partition coefficient (Wildman–Crippen LogP) is 4.92. The first-order chi connectivity index (χ1) is 14.3. The third kappa shape index (κ3) is 5.57. The number of nitrogens with zero attached hydrogens (tertiary/aromatic N) is 2. The van der Waals surface area contributed by atoms with Crippen molar-refractivity contribution in [3.8, 4) is 0 Å². The van der Waals surface area contributed by atoms with Crippen LogP contribution in [0.3, 0.4) is 0 Å². The second kappa shape index (κ2) is 9.41. The number of hydroxylamine groups is 2. The summed E-state index contributed by atoms with van der Waals surface area (Å²) in [4.78, 5) is 22.2. The first-order valence-electron chi connectivity index (χ1n) is 9.13. The van der Waals surface area contributed by atoms with Crippen LogP contribution in [0, 0.1) is 0 Å². The number of carbonyl (C=O) groups excluding carboxylic acids is 1. The molecule has 1 amide bonds. The number of carbonyl (C=O) groups is 1. The summed E-state index contributed by atoms with van der Waals surface area (Å²) < 4.78 is 38.5. The zero-order chi connectivity index (χ0) is 21.6. The van der Waals surface area contributed by atoms with E-state index in [1.54, 1.807) is 36.7 Å². The highest BCUT2D eigenvalue weighted by atomic mass is 19.4. The van der Waals surface area contributed by atoms with Gasteiger partial charge in [0.1, 0.15) is 6.61 Å². The molecule has 1 heterocycles. The lowest BCUT2D eigenvalue weighted by Gasteiger charge is -2.19. The first-order valence-corrected chi connectivity index (χ1v) is 9.13. The van der Waals surface area contributed by atoms with Gasteiger partial charge < -0.3 is 5.32 Å². The van der Waals surface area contributed by atoms with E-state index in [1.807, 2.05) is 12.1 Å². The smallest absolute Gasteiger partial charge is 0.380 e. The van der Waals surface area contributed by atoms with Gasteiger partial charge in [-0.25, -0.2) is 5.06 Å². The van der Waals surface area contributed by atoms with Crippen LogP contribution in [-0.4, -0.2) is 23.0 Å². The number of amides is 1. The van der Waals surface area contributed by atoms with Gasteiger partial charge in [0.25, 0.3) is 5.91 Å². The van der Waals surface area contributed by atoms with Gasteiger partial charge in [0.05, 0.1) is 11.1 Å². The molecule has 0 aliphatic rings. The van der Waals surface area contributed by atoms with E-state index in [2.05, 4.69) is 10.3 Å². The Hall–Kier alpha value is -3.39. The third-order valence-corrected chi connectivity index (χ3v) is 4.35. The van der Waals surface area contributed by atoms with Crippen molar-refractivity contribution >= 4 is 11.6 Å². The second-order valence-corrected chi connectivity index (χ2v) is 6.53. The van der Waals surface area contributed by atoms with Crippen LogP contribution in [0.4, 0.5) is 18.9 Å². The van der Waals surface area contributed by atoms with Crippen LogP contribution < -0.4 is 5.32 Å². The Kier molecular flexibility index (Phi) is 6.68. The summed E-state index contributed by atoms with van der Waals surface area (Å²) >= 11 is 0. The van der Waals surface area contributed by atoms with E-state index >= 15 is 0 Å². The number of hydrogen-bond donors (Lipinski definition) is 1. The minimum atomic E-state index is -4.43. The average Bonchev–Trinajstić information content (AvgIpc) is 2.76. The summed E-state index contributed by atoms with van der Waals surface area (Å²) in [5.41, 5.74) is 1.56. The van der Waals surface area contributed by atoms with E-state index in [1.165, 1.54) is 19.2 Å². The number of hydrogen-bond acceptors (Lipinski definition) is 4. The summed E-state index contributed by atoms with van der Waals surface area (Å²) in [5, 5.41) is 4.23. The van der Waals surface area contributed by atoms with Crippen molar-refractivity contribution in [2.24, 2.45) is 0 Å². The van der Waals surface area contributed by atoms with Crippen LogP contribution in [0.1, 0.15) is 27.0 Å². The van der Waals surface area contributed by atoms with Gasteiger partial charge in [0, 0.05) is 31.7 Å². The number of benzene rings is 2. The zero-order valence-corrected chi connectivity index (χ0v) is 16.2. The molecule has 5 nitrogen and oxygen atoms in total. The second-order valence-electron chi connectivity index (χ2n) is 6.53. The van der Waals surface area contributed by atoms with E-state index in [4.69, 9.17) is 4.84 Å². The number of para-hydroxylation sites is 1. The van der Waals surface area contributed by atoms with Crippen molar-refractivity contribution in [1.29, 1.82) is 0 Å². The SMILES string of the molecule is CN(OCc1cccc(C(F)(F)F)c1)C(=O)c1ccccc1NCc1ccncc1. The van der Waals surface area contributed by atoms with Crippen LogP contribution in [0.5, 0.6) is 0 Å². The number of aromatic nitrogens is 1. The van der Waals surface area contributed by atoms with Gasteiger partial charge in [-0.05, 0) is 47.5 Å². The molecule has 0 saturated heterocycles. The summed E-state index contributed by atoms with van der Waals surface area (Å²) in [5.74, 6) is -0.417. The number of nitrogens with one attached hydrogen (secondary N) is 1. The highest BCUT2D eigenvalue weighted by Gasteiger charge is 2.30. The maximum Gasteiger partial charge on any atom is 0.416 e. The minimum Gasteiger partial charge on any atom is -0.380 e. The normalized spacial score (nSPS) is 11.2. The Bertz CT molecular complexity index is 994. The quantitative estimate of drug-likeness (QED) is 0.557. The maximum absolute atomic E-state index is 12.8. The van der Waals surface area contributed by atoms with E-state index in [0.29, 0.717) is 23.4 Å². The number of anilines is 1. The van der Waals surface area contributed by atoms with Crippen LogP contribution >= 0.6 is 0 Å². The van der Waals surface area contributed by atoms with Crippen molar-refractivity contribution < 1.29 is 22.8 Å². The molecule has 3 aromatic rings. The molecule has 3 rings (SSSR count). The van der Waals surface area contributed by atoms with Crippen LogP contribution in [-0.2, 0) is 24.2 Å². The summed E-state index contributed by atoms with van der Waals surface area (Å²) in [6.45, 7) is 0.334. The van der Waals surface area contributed by atoms with Crippen molar-refractivity contribution in [3.05, 3.63) is 95.3 Å². The van der Waals surface area contributed by atoms with E-state index < -0.39 is 17.6 Å². The lowest BCUT2D eigenvalue weighted by Crippen LogP contribution is -2.27. The zero-order valence-electron chi connectivity index (χ0n) is 16.2. The van der Waals surface area contributed by atoms with Crippen molar-refractivity contribution in [3.63, 3.8) is 0 Å². The van der Waals surface area contributed by atoms with Gasteiger partial charge in [-0.2, -0.15) is 13.2 Å². The lowest BCUT2D eigenvalue weighted by molar-refractivity contribution is -0.138. The molecule has 30 heavy (non-hydrogen) atoms. The molecule has 0 aliphatic heterocycles. The predicted molar refractivity (Wildman–Crippen MR) is 106 cm³/mol. The maximum atomic E-state index is 12.8. The van der Waals surface area contributed by atoms with E-state index in [0.717, 1.165) is 22.8 Å². The fourth-order valence-electron chi connectivity index (χ4n) is 2.76. The highest BCUT2D eigenvalue weighted by molar-refractivity contribution is 5.98. The van der Waals surface area contributed by atoms with Crippen molar-refractivity contribution in [2.45, 2.75) is 19.3 Å². The van der Waals surface area contributed by atoms with E-state index in [9.17, 15) is 18.0 Å². The molecule has 0 saturated carbocycles. The van der Waals surface area contributed by atoms with Gasteiger partial charge in [-0.15, -0.1) is 0 Å². The Morgan fingerprint density at radius 1 is 1.03 bits per heavy atom. The average molecular weight is 415 g/mol. The molecular formula is C22H20F3N3O2. The fourth-order valence-corrected chi connectivity index (χ4v) is 2.76. The first kappa shape index (κ1) is 21.3. The Balaban J connectivity index is 1.65. The summed E-state index contributed by atoms with van der Waals surface area (Å²) in [6, 6.07) is 15.5. The highest BCUT2D eigenvalue weighted by Crippen LogP contribution is 2.29. The fraction of sp³-hybridized carbons (Fsp3) is 0.182. The Morgan fingerprint density at radius 2 is 1.77 bits per heavy atom. The molecule has 0 bridgehead atoms. The number of alkyl halides is 3. The molecule has 156 valence electrons. The number of rotatable bonds is 7. The van der Waals surface area contributed by atoms with Crippen molar-refractivity contribution in [2.75, 3.05) is 12.4 Å². The molecule has 0 atom stereocenters. The lowest BCUT2D eigenvalue weighted by atomic mass is 10.1. The van der Waals surface area contributed by atoms with Crippen LogP contribution in [0.25, 0.3) is 0 Å². The molecule has 0 fully saturated rings. The van der Waals surface area contributed by atoms with Crippen LogP contribution in [0.15, 0.2) is 73.1 Å². The van der Waals surface area contributed by atoms with Gasteiger partial charge >= 0.3 is 6.18 Å². The van der Waals surface area contributed by atoms with Gasteiger partial charge in [-0.1, -0.05) is 24.3 Å². The molecular weight excluding hydrogens is 395 g/mol. The molecule has 2 aromatic carbocycles. The Morgan fingerprint density at radius 3 is 2.50 bits per heavy atom. The number of pyridine rings is 1. The molecule has 1 aromatic heterocycles. The molecule has 0 unspecified atom stereocenters. The monoisotopic (exact) mass is 415 g/mol. The topological polar surface area (TPSA) is 54.5 Å². The van der Waals surface area contributed by atoms with Gasteiger partial charge in [-0.3, -0.25) is 14.6 Å². The summed E-state index contributed by atoms with van der Waals surface area (Å²) in [7, 11) is 1.43. The van der Waals surface area contributed by atoms with Gasteiger partial charge in [0.2, 0.25) is 0 Å². The van der Waals surface area contributed by atoms with Crippen molar-refractivity contribution in [1.82, 2.24) is 10.0 Å². The Labute approximate surface area is 172 Å². The largest absolute Gasteiger partial charge is 0.416 e. The molecule has 1 N–H and O–H groups in total. The standard InChI is InChI=1S/C22H20F3N3O2/c1-28(30-15-17-5-4-6-18(13-17)22(23,24)25)21(29)19-7-2-3-8-20(19)27-14-16-9-11-26-12-10-16/h2-13,27H,14-15H2,1H3. The summed E-state index contributed by atoms with van der Waals surface area (Å²) in [6.07, 6.45) is -1.07. The molecule has 8 heteroatoms. The van der Waals surface area contributed by atoms with E-state index in [-0.39, 0.29) is 6.61 Å². The third-order valence-electron chi connectivity index (χ3n) is 4.35. The minimum absolute atomic E-state index is 0.168. The molecule has 0 aliphatic carbocycles. The van der Waals surface area contributed by atoms with Gasteiger partial charge in [0.15, 0.2) is 0 Å². The molecule has 0 spiro atoms.